The fourth-order valence-corrected chi connectivity index (χ4v) is 1.88. The lowest BCUT2D eigenvalue weighted by Crippen LogP contribution is -2.14. The third-order valence-corrected chi connectivity index (χ3v) is 2.78. The smallest absolute Gasteiger partial charge is 0.227 e. The van der Waals surface area contributed by atoms with Gasteiger partial charge < -0.3 is 20.1 Å². The molecule has 1 aromatic carbocycles. The van der Waals surface area contributed by atoms with Gasteiger partial charge in [-0.2, -0.15) is 4.98 Å². The monoisotopic (exact) mass is 276 g/mol. The molecule has 0 spiro atoms. The molecule has 0 saturated heterocycles. The summed E-state index contributed by atoms with van der Waals surface area (Å²) in [5.41, 5.74) is 6.75. The fourth-order valence-electron chi connectivity index (χ4n) is 1.88. The van der Waals surface area contributed by atoms with Crippen LogP contribution in [0.15, 0.2) is 12.1 Å². The van der Waals surface area contributed by atoms with Crippen molar-refractivity contribution in [3.8, 4) is 11.5 Å². The SMILES string of the molecule is CCOc1cc2nc(N(C)C)nc(N)c2cc1OCC. The summed E-state index contributed by atoms with van der Waals surface area (Å²) in [4.78, 5) is 10.6. The standard InChI is InChI=1S/C14H20N4O2/c1-5-19-11-7-9-10(8-12(11)20-6-2)16-14(18(3)4)17-13(9)15/h7-8H,5-6H2,1-4H3,(H2,15,16,17). The Morgan fingerprint density at radius 1 is 1.05 bits per heavy atom. The first-order valence-corrected chi connectivity index (χ1v) is 6.61. The van der Waals surface area contributed by atoms with Crippen molar-refractivity contribution in [3.63, 3.8) is 0 Å². The maximum absolute atomic E-state index is 6.01. The summed E-state index contributed by atoms with van der Waals surface area (Å²) in [7, 11) is 3.75. The van der Waals surface area contributed by atoms with Crippen LogP contribution in [0, 0.1) is 0 Å². The lowest BCUT2D eigenvalue weighted by atomic mass is 10.2. The average Bonchev–Trinajstić information content (AvgIpc) is 2.40. The van der Waals surface area contributed by atoms with Crippen LogP contribution in [0.2, 0.25) is 0 Å². The van der Waals surface area contributed by atoms with Gasteiger partial charge in [0.25, 0.3) is 0 Å². The molecule has 2 rings (SSSR count). The predicted molar refractivity (Wildman–Crippen MR) is 80.6 cm³/mol. The van der Waals surface area contributed by atoms with Gasteiger partial charge in [-0.1, -0.05) is 0 Å². The number of nitrogen functional groups attached to an aromatic ring is 1. The zero-order valence-electron chi connectivity index (χ0n) is 12.3. The van der Waals surface area contributed by atoms with E-state index >= 15 is 0 Å². The Labute approximate surface area is 118 Å². The van der Waals surface area contributed by atoms with Crippen LogP contribution < -0.4 is 20.1 Å². The molecule has 0 fully saturated rings. The zero-order chi connectivity index (χ0) is 14.7. The Morgan fingerprint density at radius 3 is 2.20 bits per heavy atom. The summed E-state index contributed by atoms with van der Waals surface area (Å²) in [5.74, 6) is 2.34. The number of anilines is 2. The highest BCUT2D eigenvalue weighted by Crippen LogP contribution is 2.34. The van der Waals surface area contributed by atoms with Crippen LogP contribution in [0.3, 0.4) is 0 Å². The summed E-state index contributed by atoms with van der Waals surface area (Å²) in [5, 5.41) is 0.766. The quantitative estimate of drug-likeness (QED) is 0.901. The first-order valence-electron chi connectivity index (χ1n) is 6.61. The molecule has 1 heterocycles. The Kier molecular flexibility index (Phi) is 4.12. The van der Waals surface area contributed by atoms with Crippen LogP contribution in [-0.4, -0.2) is 37.3 Å². The van der Waals surface area contributed by atoms with Gasteiger partial charge in [0.1, 0.15) is 5.82 Å². The Balaban J connectivity index is 2.63. The van der Waals surface area contributed by atoms with Gasteiger partial charge in [-0.15, -0.1) is 0 Å². The number of aromatic nitrogens is 2. The first kappa shape index (κ1) is 14.2. The second-order valence-corrected chi connectivity index (χ2v) is 4.49. The highest BCUT2D eigenvalue weighted by Gasteiger charge is 2.13. The molecule has 0 unspecified atom stereocenters. The molecule has 0 amide bonds. The third-order valence-electron chi connectivity index (χ3n) is 2.78. The summed E-state index contributed by atoms with van der Waals surface area (Å²) in [6.07, 6.45) is 0. The maximum Gasteiger partial charge on any atom is 0.227 e. The highest BCUT2D eigenvalue weighted by atomic mass is 16.5. The van der Waals surface area contributed by atoms with Crippen molar-refractivity contribution in [1.82, 2.24) is 9.97 Å². The number of nitrogens with zero attached hydrogens (tertiary/aromatic N) is 3. The number of rotatable bonds is 5. The van der Waals surface area contributed by atoms with Gasteiger partial charge in [0.2, 0.25) is 5.95 Å². The summed E-state index contributed by atoms with van der Waals surface area (Å²) in [6.45, 7) is 4.98. The average molecular weight is 276 g/mol. The van der Waals surface area contributed by atoms with E-state index < -0.39 is 0 Å². The molecule has 108 valence electrons. The summed E-state index contributed by atoms with van der Waals surface area (Å²) >= 11 is 0. The second kappa shape index (κ2) is 5.81. The van der Waals surface area contributed by atoms with Crippen molar-refractivity contribution in [1.29, 1.82) is 0 Å². The number of fused-ring (bicyclic) bond motifs is 1. The molecule has 0 radical (unpaired) electrons. The topological polar surface area (TPSA) is 73.5 Å². The number of benzene rings is 1. The van der Waals surface area contributed by atoms with Crippen molar-refractivity contribution in [2.24, 2.45) is 0 Å². The van der Waals surface area contributed by atoms with Crippen LogP contribution in [0.4, 0.5) is 11.8 Å². The molecule has 2 N–H and O–H groups in total. The van der Waals surface area contributed by atoms with E-state index in [4.69, 9.17) is 15.2 Å². The van der Waals surface area contributed by atoms with Crippen molar-refractivity contribution in [2.45, 2.75) is 13.8 Å². The summed E-state index contributed by atoms with van der Waals surface area (Å²) < 4.78 is 11.2. The lowest BCUT2D eigenvalue weighted by molar-refractivity contribution is 0.288. The molecule has 2 aromatic rings. The predicted octanol–water partition coefficient (Wildman–Crippen LogP) is 2.08. The van der Waals surface area contributed by atoms with Crippen molar-refractivity contribution in [3.05, 3.63) is 12.1 Å². The molecule has 0 aliphatic heterocycles. The Morgan fingerprint density at radius 2 is 1.65 bits per heavy atom. The van der Waals surface area contributed by atoms with Crippen LogP contribution in [0.5, 0.6) is 11.5 Å². The molecule has 0 atom stereocenters. The number of hydrogen-bond donors (Lipinski definition) is 1. The van der Waals surface area contributed by atoms with E-state index in [0.29, 0.717) is 36.5 Å². The normalized spacial score (nSPS) is 10.6. The van der Waals surface area contributed by atoms with Gasteiger partial charge in [-0.25, -0.2) is 4.98 Å². The summed E-state index contributed by atoms with van der Waals surface area (Å²) in [6, 6.07) is 3.67. The van der Waals surface area contributed by atoms with Gasteiger partial charge in [-0.3, -0.25) is 0 Å². The van der Waals surface area contributed by atoms with Gasteiger partial charge in [0.05, 0.1) is 18.7 Å². The van der Waals surface area contributed by atoms with Crippen LogP contribution >= 0.6 is 0 Å². The van der Waals surface area contributed by atoms with Crippen LogP contribution in [0.1, 0.15) is 13.8 Å². The molecule has 0 saturated carbocycles. The van der Waals surface area contributed by atoms with Crippen molar-refractivity contribution < 1.29 is 9.47 Å². The minimum Gasteiger partial charge on any atom is -0.490 e. The molecule has 6 heteroatoms. The van der Waals surface area contributed by atoms with Gasteiger partial charge in [-0.05, 0) is 19.9 Å². The Hall–Kier alpha value is -2.24. The highest BCUT2D eigenvalue weighted by molar-refractivity contribution is 5.91. The number of nitrogens with two attached hydrogens (primary N) is 1. The van der Waals surface area contributed by atoms with E-state index in [1.807, 2.05) is 45.0 Å². The lowest BCUT2D eigenvalue weighted by Gasteiger charge is -2.15. The maximum atomic E-state index is 6.01. The molecular weight excluding hydrogens is 256 g/mol. The molecule has 1 aromatic heterocycles. The number of hydrogen-bond acceptors (Lipinski definition) is 6. The van der Waals surface area contributed by atoms with Crippen LogP contribution in [0.25, 0.3) is 10.9 Å². The van der Waals surface area contributed by atoms with Gasteiger partial charge in [0, 0.05) is 25.5 Å². The molecule has 0 aliphatic carbocycles. The molecule has 6 nitrogen and oxygen atoms in total. The minimum absolute atomic E-state index is 0.433. The first-order chi connectivity index (χ1) is 9.56. The van der Waals surface area contributed by atoms with Crippen molar-refractivity contribution >= 4 is 22.7 Å². The van der Waals surface area contributed by atoms with Crippen LogP contribution in [-0.2, 0) is 0 Å². The molecular formula is C14H20N4O2. The van der Waals surface area contributed by atoms with E-state index in [2.05, 4.69) is 9.97 Å². The molecule has 20 heavy (non-hydrogen) atoms. The zero-order valence-corrected chi connectivity index (χ0v) is 12.3. The third kappa shape index (κ3) is 2.68. The van der Waals surface area contributed by atoms with Gasteiger partial charge in [0.15, 0.2) is 11.5 Å². The second-order valence-electron chi connectivity index (χ2n) is 4.49. The van der Waals surface area contributed by atoms with E-state index in [-0.39, 0.29) is 0 Å². The van der Waals surface area contributed by atoms with E-state index in [9.17, 15) is 0 Å². The fraction of sp³-hybridized carbons (Fsp3) is 0.429. The minimum atomic E-state index is 0.433. The molecule has 0 aliphatic rings. The molecule has 0 bridgehead atoms. The number of ether oxygens (including phenoxy) is 2. The van der Waals surface area contributed by atoms with Crippen molar-refractivity contribution in [2.75, 3.05) is 37.9 Å². The van der Waals surface area contributed by atoms with Gasteiger partial charge >= 0.3 is 0 Å². The van der Waals surface area contributed by atoms with E-state index in [1.165, 1.54) is 0 Å². The van der Waals surface area contributed by atoms with E-state index in [0.717, 1.165) is 10.9 Å². The largest absolute Gasteiger partial charge is 0.490 e. The Bertz CT molecular complexity index is 614. The van der Waals surface area contributed by atoms with E-state index in [1.54, 1.807) is 0 Å².